The third kappa shape index (κ3) is 6.07. The number of aryl methyl sites for hydroxylation is 2. The number of guanidine groups is 1. The second kappa shape index (κ2) is 8.60. The molecule has 4 nitrogen and oxygen atoms in total. The second-order valence-corrected chi connectivity index (χ2v) is 7.50. The fraction of sp³-hybridized carbons (Fsp3) is 0.611. The number of nitrogens with zero attached hydrogens (tertiary/aromatic N) is 1. The molecule has 0 saturated carbocycles. The molecule has 0 bridgehead atoms. The summed E-state index contributed by atoms with van der Waals surface area (Å²) < 4.78 is 0. The highest BCUT2D eigenvalue weighted by Crippen LogP contribution is 2.27. The van der Waals surface area contributed by atoms with Crippen molar-refractivity contribution in [1.29, 1.82) is 0 Å². The van der Waals surface area contributed by atoms with Crippen LogP contribution in [-0.4, -0.2) is 47.8 Å². The van der Waals surface area contributed by atoms with E-state index >= 15 is 0 Å². The van der Waals surface area contributed by atoms with Crippen LogP contribution in [0.1, 0.15) is 30.0 Å². The molecule has 0 amide bonds. The van der Waals surface area contributed by atoms with Gasteiger partial charge in [0.25, 0.3) is 0 Å². The molecule has 1 fully saturated rings. The monoisotopic (exact) mass is 335 g/mol. The Labute approximate surface area is 144 Å². The van der Waals surface area contributed by atoms with E-state index in [1.807, 2.05) is 0 Å². The van der Waals surface area contributed by atoms with E-state index in [-0.39, 0.29) is 0 Å². The molecule has 128 valence electrons. The number of aliphatic imine (C=N–C) groups is 1. The Kier molecular flexibility index (Phi) is 6.78. The molecule has 3 N–H and O–H groups in total. The molecule has 0 radical (unpaired) electrons. The maximum Gasteiger partial charge on any atom is 0.191 e. The standard InChI is InChI=1S/C18H29N3OS/c1-4-19-17(21-12-18(22)6-8-23-13-18)20-7-5-16-10-14(2)9-15(3)11-16/h9-11,22H,4-8,12-13H2,1-3H3,(H2,19,20,21). The predicted molar refractivity (Wildman–Crippen MR) is 100 cm³/mol. The van der Waals surface area contributed by atoms with Crippen LogP contribution in [0.25, 0.3) is 0 Å². The quantitative estimate of drug-likeness (QED) is 0.551. The first-order chi connectivity index (χ1) is 11.0. The summed E-state index contributed by atoms with van der Waals surface area (Å²) in [6.07, 6.45) is 1.80. The van der Waals surface area contributed by atoms with Crippen molar-refractivity contribution in [3.8, 4) is 0 Å². The van der Waals surface area contributed by atoms with Crippen molar-refractivity contribution in [2.75, 3.05) is 31.1 Å². The van der Waals surface area contributed by atoms with Crippen molar-refractivity contribution < 1.29 is 5.11 Å². The summed E-state index contributed by atoms with van der Waals surface area (Å²) in [4.78, 5) is 4.56. The molecule has 1 aliphatic heterocycles. The molecule has 1 aromatic carbocycles. The molecular formula is C18H29N3OS. The number of hydrogen-bond donors (Lipinski definition) is 3. The normalized spacial score (nSPS) is 21.5. The zero-order valence-electron chi connectivity index (χ0n) is 14.5. The van der Waals surface area contributed by atoms with Gasteiger partial charge < -0.3 is 15.7 Å². The Morgan fingerprint density at radius 1 is 1.26 bits per heavy atom. The van der Waals surface area contributed by atoms with Crippen LogP contribution in [0.5, 0.6) is 0 Å². The molecule has 0 aliphatic carbocycles. The number of hydrogen-bond acceptors (Lipinski definition) is 3. The summed E-state index contributed by atoms with van der Waals surface area (Å²) in [5.74, 6) is 2.61. The molecule has 0 spiro atoms. The van der Waals surface area contributed by atoms with Crippen molar-refractivity contribution in [3.05, 3.63) is 34.9 Å². The third-order valence-electron chi connectivity index (χ3n) is 3.95. The first kappa shape index (κ1) is 18.1. The average Bonchev–Trinajstić information content (AvgIpc) is 2.91. The summed E-state index contributed by atoms with van der Waals surface area (Å²) in [5, 5.41) is 17.0. The molecule has 1 heterocycles. The number of nitrogens with one attached hydrogen (secondary N) is 2. The lowest BCUT2D eigenvalue weighted by atomic mass is 10.0. The van der Waals surface area contributed by atoms with Crippen LogP contribution in [0.4, 0.5) is 0 Å². The highest BCUT2D eigenvalue weighted by molar-refractivity contribution is 7.99. The SMILES string of the molecule is CCNC(=NCC1(O)CCSC1)NCCc1cc(C)cc(C)c1. The van der Waals surface area contributed by atoms with Crippen molar-refractivity contribution in [3.63, 3.8) is 0 Å². The first-order valence-corrected chi connectivity index (χ1v) is 9.56. The minimum absolute atomic E-state index is 0.471. The minimum atomic E-state index is -0.624. The molecule has 1 saturated heterocycles. The number of benzene rings is 1. The van der Waals surface area contributed by atoms with Gasteiger partial charge in [0.15, 0.2) is 5.96 Å². The van der Waals surface area contributed by atoms with E-state index in [1.54, 1.807) is 11.8 Å². The highest BCUT2D eigenvalue weighted by atomic mass is 32.2. The van der Waals surface area contributed by atoms with Gasteiger partial charge in [0.1, 0.15) is 0 Å². The Bertz CT molecular complexity index is 519. The van der Waals surface area contributed by atoms with Gasteiger partial charge in [-0.1, -0.05) is 29.3 Å². The Morgan fingerprint density at radius 2 is 2.00 bits per heavy atom. The van der Waals surface area contributed by atoms with E-state index < -0.39 is 5.60 Å². The van der Waals surface area contributed by atoms with E-state index in [4.69, 9.17) is 0 Å². The number of thioether (sulfide) groups is 1. The van der Waals surface area contributed by atoms with E-state index in [2.05, 4.69) is 54.6 Å². The second-order valence-electron chi connectivity index (χ2n) is 6.39. The van der Waals surface area contributed by atoms with Crippen LogP contribution in [0.3, 0.4) is 0 Å². The molecule has 5 heteroatoms. The Hall–Kier alpha value is -1.20. The molecular weight excluding hydrogens is 306 g/mol. The van der Waals surface area contributed by atoms with Gasteiger partial charge in [-0.3, -0.25) is 4.99 Å². The van der Waals surface area contributed by atoms with Crippen LogP contribution >= 0.6 is 11.8 Å². The van der Waals surface area contributed by atoms with Crippen molar-refractivity contribution in [2.24, 2.45) is 4.99 Å². The lowest BCUT2D eigenvalue weighted by Crippen LogP contribution is -2.40. The third-order valence-corrected chi connectivity index (χ3v) is 5.18. The zero-order chi connectivity index (χ0) is 16.7. The maximum atomic E-state index is 10.4. The Balaban J connectivity index is 1.86. The highest BCUT2D eigenvalue weighted by Gasteiger charge is 2.31. The van der Waals surface area contributed by atoms with Gasteiger partial charge in [-0.05, 0) is 44.9 Å². The largest absolute Gasteiger partial charge is 0.387 e. The van der Waals surface area contributed by atoms with E-state index in [0.29, 0.717) is 6.54 Å². The number of aliphatic hydroxyl groups is 1. The van der Waals surface area contributed by atoms with Crippen LogP contribution in [0.2, 0.25) is 0 Å². The fourth-order valence-electron chi connectivity index (χ4n) is 2.83. The van der Waals surface area contributed by atoms with Gasteiger partial charge in [-0.25, -0.2) is 0 Å². The summed E-state index contributed by atoms with van der Waals surface area (Å²) in [6.45, 7) is 8.45. The summed E-state index contributed by atoms with van der Waals surface area (Å²) in [5.41, 5.74) is 3.33. The molecule has 1 aliphatic rings. The number of rotatable bonds is 6. The van der Waals surface area contributed by atoms with Gasteiger partial charge in [-0.15, -0.1) is 0 Å². The van der Waals surface area contributed by atoms with E-state index in [9.17, 15) is 5.11 Å². The molecule has 1 unspecified atom stereocenters. The molecule has 23 heavy (non-hydrogen) atoms. The average molecular weight is 336 g/mol. The summed E-state index contributed by atoms with van der Waals surface area (Å²) in [7, 11) is 0. The minimum Gasteiger partial charge on any atom is -0.387 e. The Morgan fingerprint density at radius 3 is 2.61 bits per heavy atom. The van der Waals surface area contributed by atoms with Crippen molar-refractivity contribution in [2.45, 2.75) is 39.2 Å². The maximum absolute atomic E-state index is 10.4. The van der Waals surface area contributed by atoms with Crippen molar-refractivity contribution >= 4 is 17.7 Å². The zero-order valence-corrected chi connectivity index (χ0v) is 15.3. The lowest BCUT2D eigenvalue weighted by Gasteiger charge is -2.19. The van der Waals surface area contributed by atoms with Crippen LogP contribution in [0.15, 0.2) is 23.2 Å². The van der Waals surface area contributed by atoms with Crippen LogP contribution in [-0.2, 0) is 6.42 Å². The fourth-order valence-corrected chi connectivity index (χ4v) is 4.11. The predicted octanol–water partition coefficient (Wildman–Crippen LogP) is 2.27. The van der Waals surface area contributed by atoms with Crippen LogP contribution < -0.4 is 10.6 Å². The lowest BCUT2D eigenvalue weighted by molar-refractivity contribution is 0.0778. The molecule has 1 aromatic rings. The van der Waals surface area contributed by atoms with E-state index in [0.717, 1.165) is 43.4 Å². The van der Waals surface area contributed by atoms with Gasteiger partial charge in [0.2, 0.25) is 0 Å². The first-order valence-electron chi connectivity index (χ1n) is 8.40. The van der Waals surface area contributed by atoms with Gasteiger partial charge in [0, 0.05) is 18.8 Å². The molecule has 1 atom stereocenters. The van der Waals surface area contributed by atoms with E-state index in [1.165, 1.54) is 16.7 Å². The van der Waals surface area contributed by atoms with Crippen LogP contribution in [0, 0.1) is 13.8 Å². The van der Waals surface area contributed by atoms with Gasteiger partial charge >= 0.3 is 0 Å². The summed E-state index contributed by atoms with van der Waals surface area (Å²) >= 11 is 1.80. The molecule has 0 aromatic heterocycles. The smallest absolute Gasteiger partial charge is 0.191 e. The topological polar surface area (TPSA) is 56.7 Å². The summed E-state index contributed by atoms with van der Waals surface area (Å²) in [6, 6.07) is 6.66. The van der Waals surface area contributed by atoms with Gasteiger partial charge in [0.05, 0.1) is 12.1 Å². The van der Waals surface area contributed by atoms with Gasteiger partial charge in [-0.2, -0.15) is 11.8 Å². The van der Waals surface area contributed by atoms with Crippen molar-refractivity contribution in [1.82, 2.24) is 10.6 Å². The molecule has 2 rings (SSSR count).